The van der Waals surface area contributed by atoms with Crippen LogP contribution in [0.2, 0.25) is 0 Å². The highest BCUT2D eigenvalue weighted by atomic mass is 16.5. The van der Waals surface area contributed by atoms with E-state index >= 15 is 0 Å². The van der Waals surface area contributed by atoms with Gasteiger partial charge in [-0.1, -0.05) is 0 Å². The molecule has 0 radical (unpaired) electrons. The van der Waals surface area contributed by atoms with Crippen molar-refractivity contribution in [3.63, 3.8) is 0 Å². The Morgan fingerprint density at radius 3 is 2.88 bits per heavy atom. The lowest BCUT2D eigenvalue weighted by molar-refractivity contribution is 0.0936. The van der Waals surface area contributed by atoms with Crippen molar-refractivity contribution in [3.8, 4) is 6.01 Å². The maximum Gasteiger partial charge on any atom is 0.319 e. The Kier molecular flexibility index (Phi) is 6.08. The Labute approximate surface area is 191 Å². The third kappa shape index (κ3) is 4.75. The first-order valence-electron chi connectivity index (χ1n) is 11.6. The molecule has 3 N–H and O–H groups in total. The normalized spacial score (nSPS) is 17.8. The number of nitrogens with zero attached hydrogens (tertiary/aromatic N) is 5. The van der Waals surface area contributed by atoms with Gasteiger partial charge >= 0.3 is 6.01 Å². The number of aliphatic hydroxyl groups excluding tert-OH is 1. The van der Waals surface area contributed by atoms with Gasteiger partial charge in [0.05, 0.1) is 12.3 Å². The number of piperidine rings is 1. The van der Waals surface area contributed by atoms with Crippen LogP contribution in [0, 0.1) is 5.92 Å². The molecule has 2 aliphatic rings. The molecule has 1 aliphatic heterocycles. The number of carbonyl (C=O) groups excluding carboxylic acids is 1. The molecule has 1 saturated carbocycles. The zero-order valence-corrected chi connectivity index (χ0v) is 18.7. The number of anilines is 1. The average molecular weight is 452 g/mol. The second-order valence-electron chi connectivity index (χ2n) is 8.80. The van der Waals surface area contributed by atoms with Gasteiger partial charge < -0.3 is 20.1 Å². The van der Waals surface area contributed by atoms with E-state index in [1.807, 2.05) is 13.0 Å². The number of rotatable bonds is 8. The molecule has 0 aromatic carbocycles. The standard InChI is InChI=1S/C23H29N7O3/c1-14(15-4-5-15)33-23-26-18(22(32)25-9-12-31)13-19(27-23)30-10-6-16(7-11-30)20-17-3-2-8-24-21(17)29-28-20/h2-3,8,13-16,31H,4-7,9-12H2,1H3,(H,25,32)(H,24,28,29)/t14-/m1/s1. The Bertz CT molecular complexity index is 1120. The first-order chi connectivity index (χ1) is 16.1. The van der Waals surface area contributed by atoms with Crippen molar-refractivity contribution in [1.82, 2.24) is 30.5 Å². The van der Waals surface area contributed by atoms with Gasteiger partial charge in [0.15, 0.2) is 5.65 Å². The quantitative estimate of drug-likeness (QED) is 0.474. The summed E-state index contributed by atoms with van der Waals surface area (Å²) in [4.78, 5) is 28.0. The van der Waals surface area contributed by atoms with Crippen molar-refractivity contribution in [1.29, 1.82) is 0 Å². The van der Waals surface area contributed by atoms with Crippen LogP contribution in [0.1, 0.15) is 54.7 Å². The number of carbonyl (C=O) groups is 1. The molecule has 10 heteroatoms. The number of amides is 1. The minimum Gasteiger partial charge on any atom is -0.460 e. The van der Waals surface area contributed by atoms with Crippen molar-refractivity contribution < 1.29 is 14.6 Å². The molecule has 4 heterocycles. The molecule has 1 atom stereocenters. The number of aromatic amines is 1. The lowest BCUT2D eigenvalue weighted by Gasteiger charge is -2.32. The van der Waals surface area contributed by atoms with E-state index in [9.17, 15) is 4.79 Å². The third-order valence-electron chi connectivity index (χ3n) is 6.47. The molecule has 1 saturated heterocycles. The fraction of sp³-hybridized carbons (Fsp3) is 0.522. The fourth-order valence-corrected chi connectivity index (χ4v) is 4.40. The lowest BCUT2D eigenvalue weighted by atomic mass is 9.92. The number of ether oxygens (including phenoxy) is 1. The lowest BCUT2D eigenvalue weighted by Crippen LogP contribution is -2.34. The van der Waals surface area contributed by atoms with Gasteiger partial charge in [-0.05, 0) is 50.7 Å². The van der Waals surface area contributed by atoms with Crippen molar-refractivity contribution >= 4 is 22.8 Å². The molecule has 3 aromatic rings. The first kappa shape index (κ1) is 21.6. The van der Waals surface area contributed by atoms with Crippen LogP contribution >= 0.6 is 0 Å². The van der Waals surface area contributed by atoms with Gasteiger partial charge in [-0.15, -0.1) is 0 Å². The molecule has 5 rings (SSSR count). The number of H-pyrrole nitrogens is 1. The molecule has 2 fully saturated rings. The van der Waals surface area contributed by atoms with Gasteiger partial charge in [0, 0.05) is 43.2 Å². The number of hydrogen-bond donors (Lipinski definition) is 3. The van der Waals surface area contributed by atoms with Crippen LogP contribution in [0.15, 0.2) is 24.4 Å². The van der Waals surface area contributed by atoms with Crippen LogP contribution in [0.4, 0.5) is 5.82 Å². The molecule has 174 valence electrons. The topological polar surface area (TPSA) is 129 Å². The highest BCUT2D eigenvalue weighted by molar-refractivity contribution is 5.93. The summed E-state index contributed by atoms with van der Waals surface area (Å²) in [5, 5.41) is 20.3. The minimum atomic E-state index is -0.345. The van der Waals surface area contributed by atoms with Gasteiger partial charge in [0.1, 0.15) is 17.6 Å². The number of pyridine rings is 1. The predicted molar refractivity (Wildman–Crippen MR) is 122 cm³/mol. The Morgan fingerprint density at radius 2 is 2.12 bits per heavy atom. The first-order valence-corrected chi connectivity index (χ1v) is 11.6. The number of fused-ring (bicyclic) bond motifs is 1. The van der Waals surface area contributed by atoms with Gasteiger partial charge in [-0.2, -0.15) is 15.1 Å². The van der Waals surface area contributed by atoms with Crippen LogP contribution in [-0.4, -0.2) is 68.5 Å². The minimum absolute atomic E-state index is 0.0147. The summed E-state index contributed by atoms with van der Waals surface area (Å²) in [6.45, 7) is 3.63. The summed E-state index contributed by atoms with van der Waals surface area (Å²) in [6, 6.07) is 5.92. The number of hydrogen-bond acceptors (Lipinski definition) is 8. The molecule has 10 nitrogen and oxygen atoms in total. The molecular weight excluding hydrogens is 422 g/mol. The van der Waals surface area contributed by atoms with Crippen molar-refractivity contribution in [3.05, 3.63) is 35.8 Å². The summed E-state index contributed by atoms with van der Waals surface area (Å²) >= 11 is 0. The van der Waals surface area contributed by atoms with Gasteiger partial charge in [0.25, 0.3) is 5.91 Å². The fourth-order valence-electron chi connectivity index (χ4n) is 4.40. The van der Waals surface area contributed by atoms with Gasteiger partial charge in [-0.3, -0.25) is 9.89 Å². The van der Waals surface area contributed by atoms with Crippen LogP contribution < -0.4 is 15.0 Å². The molecule has 1 amide bonds. The maximum atomic E-state index is 12.6. The van der Waals surface area contributed by atoms with Crippen molar-refractivity contribution in [2.24, 2.45) is 5.92 Å². The highest BCUT2D eigenvalue weighted by Gasteiger charge is 2.31. The maximum absolute atomic E-state index is 12.6. The SMILES string of the molecule is C[C@@H](Oc1nc(C(=O)NCCO)cc(N2CCC(c3n[nH]c4ncccc34)CC2)n1)C1CC1. The van der Waals surface area contributed by atoms with Gasteiger partial charge in [0.2, 0.25) is 0 Å². The molecule has 0 spiro atoms. The zero-order valence-electron chi connectivity index (χ0n) is 18.7. The van der Waals surface area contributed by atoms with E-state index in [0.29, 0.717) is 17.7 Å². The Morgan fingerprint density at radius 1 is 1.30 bits per heavy atom. The van der Waals surface area contributed by atoms with E-state index in [4.69, 9.17) is 9.84 Å². The summed E-state index contributed by atoms with van der Waals surface area (Å²) in [7, 11) is 0. The summed E-state index contributed by atoms with van der Waals surface area (Å²) < 4.78 is 5.99. The average Bonchev–Trinajstić information content (AvgIpc) is 3.62. The monoisotopic (exact) mass is 451 g/mol. The smallest absolute Gasteiger partial charge is 0.319 e. The zero-order chi connectivity index (χ0) is 22.8. The van der Waals surface area contributed by atoms with Crippen LogP contribution in [0.25, 0.3) is 11.0 Å². The second-order valence-corrected chi connectivity index (χ2v) is 8.80. The van der Waals surface area contributed by atoms with E-state index in [0.717, 1.165) is 55.5 Å². The van der Waals surface area contributed by atoms with Gasteiger partial charge in [-0.25, -0.2) is 4.98 Å². The Balaban J connectivity index is 1.33. The molecule has 1 aliphatic carbocycles. The summed E-state index contributed by atoms with van der Waals surface area (Å²) in [5.74, 6) is 1.20. The highest BCUT2D eigenvalue weighted by Crippen LogP contribution is 2.35. The van der Waals surface area contributed by atoms with Crippen molar-refractivity contribution in [2.45, 2.75) is 44.6 Å². The van der Waals surface area contributed by atoms with Crippen LogP contribution in [-0.2, 0) is 0 Å². The summed E-state index contributed by atoms with van der Waals surface area (Å²) in [5.41, 5.74) is 2.13. The van der Waals surface area contributed by atoms with Crippen molar-refractivity contribution in [2.75, 3.05) is 31.1 Å². The third-order valence-corrected chi connectivity index (χ3v) is 6.47. The molecule has 0 unspecified atom stereocenters. The van der Waals surface area contributed by atoms with Crippen LogP contribution in [0.3, 0.4) is 0 Å². The number of aliphatic hydroxyl groups is 1. The Hall–Kier alpha value is -3.27. The van der Waals surface area contributed by atoms with E-state index < -0.39 is 0 Å². The van der Waals surface area contributed by atoms with E-state index in [1.165, 1.54) is 0 Å². The largest absolute Gasteiger partial charge is 0.460 e. The molecular formula is C23H29N7O3. The van der Waals surface area contributed by atoms with Crippen LogP contribution in [0.5, 0.6) is 6.01 Å². The molecule has 0 bridgehead atoms. The molecule has 33 heavy (non-hydrogen) atoms. The molecule has 3 aromatic heterocycles. The second kappa shape index (κ2) is 9.30. The van der Waals surface area contributed by atoms with E-state index in [-0.39, 0.29) is 36.9 Å². The number of aromatic nitrogens is 5. The van der Waals surface area contributed by atoms with E-state index in [1.54, 1.807) is 12.3 Å². The summed E-state index contributed by atoms with van der Waals surface area (Å²) in [6.07, 6.45) is 5.91. The number of nitrogens with one attached hydrogen (secondary N) is 2. The predicted octanol–water partition coefficient (Wildman–Crippen LogP) is 2.03. The van der Waals surface area contributed by atoms with E-state index in [2.05, 4.69) is 41.4 Å².